The van der Waals surface area contributed by atoms with Crippen molar-refractivity contribution in [3.05, 3.63) is 18.6 Å². The maximum absolute atomic E-state index is 5.69. The van der Waals surface area contributed by atoms with Gasteiger partial charge in [0.2, 0.25) is 0 Å². The van der Waals surface area contributed by atoms with Crippen molar-refractivity contribution in [1.29, 1.82) is 0 Å². The molecule has 15 heavy (non-hydrogen) atoms. The highest BCUT2D eigenvalue weighted by Gasteiger charge is 2.04. The third kappa shape index (κ3) is 2.01. The quantitative estimate of drug-likeness (QED) is 0.743. The highest BCUT2D eigenvalue weighted by Crippen LogP contribution is 2.14. The largest absolute Gasteiger partial charge is 0.382 e. The van der Waals surface area contributed by atoms with E-state index < -0.39 is 0 Å². The Bertz CT molecular complexity index is 448. The Morgan fingerprint density at radius 3 is 3.20 bits per heavy atom. The summed E-state index contributed by atoms with van der Waals surface area (Å²) in [6.07, 6.45) is 7.62. The summed E-state index contributed by atoms with van der Waals surface area (Å²) in [6, 6.07) is 0. The SMILES string of the molecule is CCCCNc1nc(N)cn2ccnc12. The second-order valence-electron chi connectivity index (χ2n) is 3.45. The Labute approximate surface area is 88.3 Å². The summed E-state index contributed by atoms with van der Waals surface area (Å²) in [6.45, 7) is 3.05. The van der Waals surface area contributed by atoms with Gasteiger partial charge in [0.05, 0.1) is 6.20 Å². The molecule has 5 heteroatoms. The number of rotatable bonds is 4. The number of nitrogens with one attached hydrogen (secondary N) is 1. The van der Waals surface area contributed by atoms with Crippen molar-refractivity contribution in [2.45, 2.75) is 19.8 Å². The van der Waals surface area contributed by atoms with Crippen LogP contribution in [0.5, 0.6) is 0 Å². The minimum absolute atomic E-state index is 0.500. The van der Waals surface area contributed by atoms with Gasteiger partial charge in [0, 0.05) is 18.9 Å². The second kappa shape index (κ2) is 4.16. The van der Waals surface area contributed by atoms with Crippen molar-refractivity contribution in [3.63, 3.8) is 0 Å². The lowest BCUT2D eigenvalue weighted by molar-refractivity contribution is 0.831. The Morgan fingerprint density at radius 2 is 2.40 bits per heavy atom. The van der Waals surface area contributed by atoms with Gasteiger partial charge >= 0.3 is 0 Å². The average molecular weight is 205 g/mol. The van der Waals surface area contributed by atoms with Crippen LogP contribution in [-0.4, -0.2) is 20.9 Å². The van der Waals surface area contributed by atoms with Crippen LogP contribution in [0.2, 0.25) is 0 Å². The van der Waals surface area contributed by atoms with Crippen LogP contribution < -0.4 is 11.1 Å². The van der Waals surface area contributed by atoms with E-state index in [1.807, 2.05) is 10.6 Å². The number of nitrogens with two attached hydrogens (primary N) is 1. The van der Waals surface area contributed by atoms with Crippen molar-refractivity contribution in [1.82, 2.24) is 14.4 Å². The van der Waals surface area contributed by atoms with E-state index in [1.54, 1.807) is 12.4 Å². The molecule has 2 aromatic heterocycles. The molecule has 0 amide bonds. The fraction of sp³-hybridized carbons (Fsp3) is 0.400. The topological polar surface area (TPSA) is 68.2 Å². The van der Waals surface area contributed by atoms with Gasteiger partial charge in [-0.05, 0) is 6.42 Å². The lowest BCUT2D eigenvalue weighted by atomic mass is 10.3. The Balaban J connectivity index is 2.27. The first-order chi connectivity index (χ1) is 7.31. The van der Waals surface area contributed by atoms with Crippen LogP contribution in [0.4, 0.5) is 11.6 Å². The standard InChI is InChI=1S/C10H15N5/c1-2-3-4-12-9-10-13-5-6-15(10)7-8(11)14-9/h5-7H,2-4,11H2,1H3,(H,12,14). The number of nitrogen functional groups attached to an aromatic ring is 1. The van der Waals surface area contributed by atoms with Gasteiger partial charge in [-0.1, -0.05) is 13.3 Å². The second-order valence-corrected chi connectivity index (χ2v) is 3.45. The number of nitrogens with zero attached hydrogens (tertiary/aromatic N) is 3. The molecule has 2 rings (SSSR count). The number of imidazole rings is 1. The van der Waals surface area contributed by atoms with E-state index in [4.69, 9.17) is 5.73 Å². The highest BCUT2D eigenvalue weighted by atomic mass is 15.1. The molecule has 0 atom stereocenters. The first-order valence-electron chi connectivity index (χ1n) is 5.14. The number of aromatic nitrogens is 3. The molecule has 0 unspecified atom stereocenters. The average Bonchev–Trinajstić information content (AvgIpc) is 2.65. The van der Waals surface area contributed by atoms with Crippen molar-refractivity contribution in [2.75, 3.05) is 17.6 Å². The number of hydrogen-bond donors (Lipinski definition) is 2. The van der Waals surface area contributed by atoms with Gasteiger partial charge in [-0.25, -0.2) is 9.97 Å². The lowest BCUT2D eigenvalue weighted by Gasteiger charge is -2.06. The molecule has 0 spiro atoms. The van der Waals surface area contributed by atoms with Crippen LogP contribution in [0.15, 0.2) is 18.6 Å². The van der Waals surface area contributed by atoms with Gasteiger partial charge in [-0.15, -0.1) is 0 Å². The maximum atomic E-state index is 5.69. The lowest BCUT2D eigenvalue weighted by Crippen LogP contribution is -2.07. The van der Waals surface area contributed by atoms with Gasteiger partial charge in [0.1, 0.15) is 5.82 Å². The molecular formula is C10H15N5. The first-order valence-corrected chi connectivity index (χ1v) is 5.14. The summed E-state index contributed by atoms with van der Waals surface area (Å²) in [7, 11) is 0. The Kier molecular flexibility index (Phi) is 2.71. The molecule has 0 fully saturated rings. The number of anilines is 2. The van der Waals surface area contributed by atoms with Gasteiger partial charge < -0.3 is 15.5 Å². The highest BCUT2D eigenvalue weighted by molar-refractivity contribution is 5.64. The van der Waals surface area contributed by atoms with E-state index in [-0.39, 0.29) is 0 Å². The molecule has 2 aromatic rings. The zero-order chi connectivity index (χ0) is 10.7. The van der Waals surface area contributed by atoms with Crippen molar-refractivity contribution >= 4 is 17.3 Å². The summed E-state index contributed by atoms with van der Waals surface area (Å²) in [5.74, 6) is 1.26. The van der Waals surface area contributed by atoms with Gasteiger partial charge in [-0.3, -0.25) is 0 Å². The molecule has 0 aliphatic carbocycles. The fourth-order valence-corrected chi connectivity index (χ4v) is 1.45. The fourth-order valence-electron chi connectivity index (χ4n) is 1.45. The van der Waals surface area contributed by atoms with Crippen LogP contribution in [0, 0.1) is 0 Å². The van der Waals surface area contributed by atoms with E-state index in [2.05, 4.69) is 22.2 Å². The Morgan fingerprint density at radius 1 is 1.53 bits per heavy atom. The van der Waals surface area contributed by atoms with E-state index in [9.17, 15) is 0 Å². The minimum atomic E-state index is 0.500. The predicted molar refractivity (Wildman–Crippen MR) is 60.8 cm³/mol. The van der Waals surface area contributed by atoms with Crippen molar-refractivity contribution in [3.8, 4) is 0 Å². The third-order valence-electron chi connectivity index (χ3n) is 2.22. The molecule has 5 nitrogen and oxygen atoms in total. The summed E-state index contributed by atoms with van der Waals surface area (Å²) in [4.78, 5) is 8.45. The van der Waals surface area contributed by atoms with Crippen LogP contribution >= 0.6 is 0 Å². The summed E-state index contributed by atoms with van der Waals surface area (Å²) < 4.78 is 1.87. The molecule has 3 N–H and O–H groups in total. The summed E-state index contributed by atoms with van der Waals surface area (Å²) >= 11 is 0. The van der Waals surface area contributed by atoms with E-state index >= 15 is 0 Å². The maximum Gasteiger partial charge on any atom is 0.180 e. The minimum Gasteiger partial charge on any atom is -0.382 e. The molecule has 0 aliphatic heterocycles. The van der Waals surface area contributed by atoms with Crippen LogP contribution in [0.3, 0.4) is 0 Å². The molecule has 80 valence electrons. The summed E-state index contributed by atoms with van der Waals surface area (Å²) in [5.41, 5.74) is 6.51. The van der Waals surface area contributed by atoms with Crippen LogP contribution in [-0.2, 0) is 0 Å². The zero-order valence-corrected chi connectivity index (χ0v) is 8.77. The van der Waals surface area contributed by atoms with Crippen LogP contribution in [0.1, 0.15) is 19.8 Å². The first kappa shape index (κ1) is 9.76. The van der Waals surface area contributed by atoms with E-state index in [0.717, 1.165) is 30.9 Å². The molecule has 0 saturated carbocycles. The molecule has 0 bridgehead atoms. The molecular weight excluding hydrogens is 190 g/mol. The van der Waals surface area contributed by atoms with E-state index in [1.165, 1.54) is 0 Å². The van der Waals surface area contributed by atoms with Crippen LogP contribution in [0.25, 0.3) is 5.65 Å². The third-order valence-corrected chi connectivity index (χ3v) is 2.22. The summed E-state index contributed by atoms with van der Waals surface area (Å²) in [5, 5.41) is 3.24. The number of hydrogen-bond acceptors (Lipinski definition) is 4. The normalized spacial score (nSPS) is 10.7. The monoisotopic (exact) mass is 205 g/mol. The van der Waals surface area contributed by atoms with Crippen molar-refractivity contribution < 1.29 is 0 Å². The molecule has 0 aromatic carbocycles. The van der Waals surface area contributed by atoms with Crippen molar-refractivity contribution in [2.24, 2.45) is 0 Å². The molecule has 0 aliphatic rings. The number of fused-ring (bicyclic) bond motifs is 1. The smallest absolute Gasteiger partial charge is 0.180 e. The number of unbranched alkanes of at least 4 members (excludes halogenated alkanes) is 1. The van der Waals surface area contributed by atoms with Gasteiger partial charge in [0.25, 0.3) is 0 Å². The molecule has 0 radical (unpaired) electrons. The van der Waals surface area contributed by atoms with Gasteiger partial charge in [-0.2, -0.15) is 0 Å². The Hall–Kier alpha value is -1.78. The predicted octanol–water partition coefficient (Wildman–Crippen LogP) is 1.52. The van der Waals surface area contributed by atoms with E-state index in [0.29, 0.717) is 5.82 Å². The zero-order valence-electron chi connectivity index (χ0n) is 8.77. The van der Waals surface area contributed by atoms with Gasteiger partial charge in [0.15, 0.2) is 11.5 Å². The molecule has 0 saturated heterocycles. The molecule has 2 heterocycles.